The standard InChI is InChI=1S/C17H24N4O2/c1-19-9-15(8-18)17(23)20-10-16(22)12-21-7-6-13-4-2-3-5-14(13)11-21/h2-5,8-9,16,22H,6-7,10-12,18H2,1H3,(H,20,23)/b15-8+,19-9?/t16-/m1/s1. The predicted octanol–water partition coefficient (Wildman–Crippen LogP) is 0.0650. The molecule has 1 aliphatic heterocycles. The van der Waals surface area contributed by atoms with Crippen LogP contribution in [0.15, 0.2) is 41.0 Å². The largest absolute Gasteiger partial charge is 0.404 e. The quantitative estimate of drug-likeness (QED) is 0.511. The number of nitrogens with one attached hydrogen (secondary N) is 1. The van der Waals surface area contributed by atoms with E-state index < -0.39 is 6.10 Å². The fourth-order valence-corrected chi connectivity index (χ4v) is 2.70. The number of hydrogen-bond donors (Lipinski definition) is 3. The fraction of sp³-hybridized carbons (Fsp3) is 0.412. The first kappa shape index (κ1) is 17.2. The fourth-order valence-electron chi connectivity index (χ4n) is 2.70. The van der Waals surface area contributed by atoms with Gasteiger partial charge >= 0.3 is 0 Å². The Labute approximate surface area is 136 Å². The van der Waals surface area contributed by atoms with Crippen LogP contribution in [0.1, 0.15) is 11.1 Å². The number of carbonyl (C=O) groups excluding carboxylic acids is 1. The number of nitrogens with two attached hydrogens (primary N) is 1. The summed E-state index contributed by atoms with van der Waals surface area (Å²) in [5.74, 6) is -0.332. The van der Waals surface area contributed by atoms with E-state index >= 15 is 0 Å². The Bertz CT molecular complexity index is 598. The number of benzene rings is 1. The zero-order valence-electron chi connectivity index (χ0n) is 13.4. The number of β-amino-alcohol motifs (C(OH)–C–C–N with tert-alkyl or cyclic N) is 1. The Morgan fingerprint density at radius 1 is 1.48 bits per heavy atom. The first-order valence-corrected chi connectivity index (χ1v) is 7.73. The van der Waals surface area contributed by atoms with Crippen molar-refractivity contribution in [3.05, 3.63) is 47.2 Å². The molecule has 1 aromatic carbocycles. The molecule has 0 unspecified atom stereocenters. The summed E-state index contributed by atoms with van der Waals surface area (Å²) in [6.45, 7) is 2.46. The van der Waals surface area contributed by atoms with Gasteiger partial charge in [-0.25, -0.2) is 0 Å². The second kappa shape index (κ2) is 8.45. The van der Waals surface area contributed by atoms with Gasteiger partial charge in [0, 0.05) is 45.6 Å². The Morgan fingerprint density at radius 2 is 2.22 bits per heavy atom. The molecule has 1 atom stereocenters. The van der Waals surface area contributed by atoms with Crippen molar-refractivity contribution in [3.8, 4) is 0 Å². The number of aliphatic hydroxyl groups is 1. The average molecular weight is 316 g/mol. The van der Waals surface area contributed by atoms with E-state index in [1.807, 2.05) is 6.07 Å². The summed E-state index contributed by atoms with van der Waals surface area (Å²) < 4.78 is 0. The molecule has 1 aliphatic rings. The zero-order valence-corrected chi connectivity index (χ0v) is 13.4. The summed E-state index contributed by atoms with van der Waals surface area (Å²) >= 11 is 0. The van der Waals surface area contributed by atoms with Crippen LogP contribution >= 0.6 is 0 Å². The van der Waals surface area contributed by atoms with Gasteiger partial charge in [-0.3, -0.25) is 14.7 Å². The van der Waals surface area contributed by atoms with Crippen LogP contribution in [-0.2, 0) is 17.8 Å². The Hall–Kier alpha value is -2.18. The molecule has 0 bridgehead atoms. The summed E-state index contributed by atoms with van der Waals surface area (Å²) in [5, 5.41) is 12.8. The van der Waals surface area contributed by atoms with E-state index in [0.29, 0.717) is 6.54 Å². The smallest absolute Gasteiger partial charge is 0.254 e. The van der Waals surface area contributed by atoms with E-state index in [4.69, 9.17) is 5.73 Å². The molecule has 4 N–H and O–H groups in total. The lowest BCUT2D eigenvalue weighted by Gasteiger charge is -2.30. The summed E-state index contributed by atoms with van der Waals surface area (Å²) in [6.07, 6.45) is 2.96. The van der Waals surface area contributed by atoms with Crippen molar-refractivity contribution in [2.45, 2.75) is 19.1 Å². The van der Waals surface area contributed by atoms with Crippen LogP contribution in [0.25, 0.3) is 0 Å². The first-order valence-electron chi connectivity index (χ1n) is 7.73. The normalized spacial score (nSPS) is 17.0. The molecule has 0 aromatic heterocycles. The predicted molar refractivity (Wildman–Crippen MR) is 91.1 cm³/mol. The Morgan fingerprint density at radius 3 is 2.91 bits per heavy atom. The minimum atomic E-state index is -0.623. The molecule has 23 heavy (non-hydrogen) atoms. The van der Waals surface area contributed by atoms with Gasteiger partial charge in [0.15, 0.2) is 0 Å². The average Bonchev–Trinajstić information content (AvgIpc) is 2.57. The van der Waals surface area contributed by atoms with Crippen LogP contribution in [0.2, 0.25) is 0 Å². The van der Waals surface area contributed by atoms with Crippen LogP contribution in [-0.4, -0.2) is 54.9 Å². The zero-order chi connectivity index (χ0) is 16.7. The highest BCUT2D eigenvalue weighted by molar-refractivity contribution is 6.11. The molecule has 6 heteroatoms. The van der Waals surface area contributed by atoms with Gasteiger partial charge in [-0.15, -0.1) is 0 Å². The van der Waals surface area contributed by atoms with Gasteiger partial charge in [-0.1, -0.05) is 24.3 Å². The summed E-state index contributed by atoms with van der Waals surface area (Å²) in [6, 6.07) is 8.37. The van der Waals surface area contributed by atoms with Crippen molar-refractivity contribution in [3.63, 3.8) is 0 Å². The van der Waals surface area contributed by atoms with E-state index in [-0.39, 0.29) is 18.0 Å². The Kier molecular flexibility index (Phi) is 6.31. The minimum Gasteiger partial charge on any atom is -0.404 e. The number of carbonyl (C=O) groups is 1. The number of rotatable bonds is 6. The molecule has 0 saturated heterocycles. The van der Waals surface area contributed by atoms with E-state index in [1.54, 1.807) is 7.05 Å². The first-order chi connectivity index (χ1) is 11.1. The lowest BCUT2D eigenvalue weighted by atomic mass is 10.00. The van der Waals surface area contributed by atoms with Crippen molar-refractivity contribution < 1.29 is 9.90 Å². The topological polar surface area (TPSA) is 90.9 Å². The molecule has 0 aliphatic carbocycles. The van der Waals surface area contributed by atoms with E-state index in [1.165, 1.54) is 23.5 Å². The molecule has 0 radical (unpaired) electrons. The molecule has 0 fully saturated rings. The lowest BCUT2D eigenvalue weighted by molar-refractivity contribution is -0.117. The van der Waals surface area contributed by atoms with Gasteiger partial charge in [-0.05, 0) is 17.5 Å². The monoisotopic (exact) mass is 316 g/mol. The molecular formula is C17H24N4O2. The van der Waals surface area contributed by atoms with Crippen LogP contribution in [0, 0.1) is 0 Å². The highest BCUT2D eigenvalue weighted by Crippen LogP contribution is 2.18. The Balaban J connectivity index is 1.80. The molecule has 0 saturated carbocycles. The molecule has 6 nitrogen and oxygen atoms in total. The van der Waals surface area contributed by atoms with Crippen LogP contribution in [0.4, 0.5) is 0 Å². The van der Waals surface area contributed by atoms with Crippen molar-refractivity contribution in [2.24, 2.45) is 10.7 Å². The highest BCUT2D eigenvalue weighted by atomic mass is 16.3. The molecule has 0 spiro atoms. The second-order valence-electron chi connectivity index (χ2n) is 5.63. The van der Waals surface area contributed by atoms with Gasteiger partial charge in [0.1, 0.15) is 0 Å². The molecule has 1 aromatic rings. The van der Waals surface area contributed by atoms with E-state index in [2.05, 4.69) is 33.4 Å². The maximum absolute atomic E-state index is 11.8. The van der Waals surface area contributed by atoms with Crippen LogP contribution in [0.5, 0.6) is 0 Å². The van der Waals surface area contributed by atoms with Gasteiger partial charge in [0.25, 0.3) is 5.91 Å². The number of aliphatic hydroxyl groups excluding tert-OH is 1. The molecule has 2 rings (SSSR count). The molecular weight excluding hydrogens is 292 g/mol. The third-order valence-electron chi connectivity index (χ3n) is 3.89. The second-order valence-corrected chi connectivity index (χ2v) is 5.63. The van der Waals surface area contributed by atoms with Crippen molar-refractivity contribution in [1.29, 1.82) is 0 Å². The van der Waals surface area contributed by atoms with Crippen molar-refractivity contribution in [2.75, 3.05) is 26.7 Å². The van der Waals surface area contributed by atoms with Crippen molar-refractivity contribution >= 4 is 12.1 Å². The van der Waals surface area contributed by atoms with Gasteiger partial charge in [0.2, 0.25) is 0 Å². The summed E-state index contributed by atoms with van der Waals surface area (Å²) in [5.41, 5.74) is 8.35. The lowest BCUT2D eigenvalue weighted by Crippen LogP contribution is -2.42. The van der Waals surface area contributed by atoms with Crippen molar-refractivity contribution in [1.82, 2.24) is 10.2 Å². The SMILES string of the molecule is CN=C/C(=C\N)C(=O)NC[C@@H](O)CN1CCc2ccccc2C1. The maximum atomic E-state index is 11.8. The minimum absolute atomic E-state index is 0.186. The van der Waals surface area contributed by atoms with Gasteiger partial charge in [-0.2, -0.15) is 0 Å². The maximum Gasteiger partial charge on any atom is 0.254 e. The third-order valence-corrected chi connectivity index (χ3v) is 3.89. The highest BCUT2D eigenvalue weighted by Gasteiger charge is 2.19. The third kappa shape index (κ3) is 4.91. The van der Waals surface area contributed by atoms with E-state index in [9.17, 15) is 9.90 Å². The van der Waals surface area contributed by atoms with Crippen LogP contribution in [0.3, 0.4) is 0 Å². The molecule has 124 valence electrons. The number of amides is 1. The number of hydrogen-bond acceptors (Lipinski definition) is 5. The molecule has 1 amide bonds. The van der Waals surface area contributed by atoms with Gasteiger partial charge < -0.3 is 16.2 Å². The number of aliphatic imine (C=N–C) groups is 1. The number of fused-ring (bicyclic) bond motifs is 1. The van der Waals surface area contributed by atoms with Crippen LogP contribution < -0.4 is 11.1 Å². The summed E-state index contributed by atoms with van der Waals surface area (Å²) in [4.78, 5) is 17.8. The molecule has 1 heterocycles. The number of nitrogens with zero attached hydrogens (tertiary/aromatic N) is 2. The van der Waals surface area contributed by atoms with E-state index in [0.717, 1.165) is 19.5 Å². The van der Waals surface area contributed by atoms with Gasteiger partial charge in [0.05, 0.1) is 11.7 Å². The summed E-state index contributed by atoms with van der Waals surface area (Å²) in [7, 11) is 1.57.